The molecule has 1 aromatic heterocycles. The smallest absolute Gasteiger partial charge is 0.356 e. The van der Waals surface area contributed by atoms with Gasteiger partial charge in [-0.3, -0.25) is 4.98 Å². The number of carboxylic acid groups (broad SMARTS) is 1. The van der Waals surface area contributed by atoms with Crippen molar-refractivity contribution < 1.29 is 18.7 Å². The van der Waals surface area contributed by atoms with Gasteiger partial charge < -0.3 is 10.4 Å². The Kier molecular flexibility index (Phi) is 3.48. The van der Waals surface area contributed by atoms with Crippen LogP contribution in [0.3, 0.4) is 0 Å². The Morgan fingerprint density at radius 1 is 1.53 bits per heavy atom. The first-order valence-corrected chi connectivity index (χ1v) is 4.10. The van der Waals surface area contributed by atoms with Crippen LogP contribution in [0.2, 0.25) is 0 Å². The lowest BCUT2D eigenvalue weighted by Gasteiger charge is -2.12. The van der Waals surface area contributed by atoms with Crippen molar-refractivity contribution in [3.8, 4) is 0 Å². The molecular weight excluding hydrogens is 208 g/mol. The molecule has 1 atom stereocenters. The van der Waals surface area contributed by atoms with Gasteiger partial charge in [-0.15, -0.1) is 0 Å². The predicted molar refractivity (Wildman–Crippen MR) is 48.1 cm³/mol. The molecule has 0 aromatic carbocycles. The van der Waals surface area contributed by atoms with E-state index < -0.39 is 18.4 Å². The minimum atomic E-state index is -2.56. The average molecular weight is 217 g/mol. The van der Waals surface area contributed by atoms with Gasteiger partial charge in [-0.2, -0.15) is 0 Å². The van der Waals surface area contributed by atoms with Crippen molar-refractivity contribution in [2.24, 2.45) is 0 Å². The Morgan fingerprint density at radius 3 is 2.73 bits per heavy atom. The van der Waals surface area contributed by atoms with E-state index in [4.69, 9.17) is 5.11 Å². The summed E-state index contributed by atoms with van der Waals surface area (Å²) in [5, 5.41) is 10.9. The second-order valence-corrected chi connectivity index (χ2v) is 2.86. The Hall–Kier alpha value is -1.79. The fourth-order valence-corrected chi connectivity index (χ4v) is 0.835. The van der Waals surface area contributed by atoms with E-state index in [-0.39, 0.29) is 11.5 Å². The Labute approximate surface area is 84.2 Å². The summed E-state index contributed by atoms with van der Waals surface area (Å²) in [7, 11) is 0. The van der Waals surface area contributed by atoms with E-state index in [2.05, 4.69) is 15.3 Å². The van der Waals surface area contributed by atoms with Crippen LogP contribution in [0.4, 0.5) is 14.6 Å². The van der Waals surface area contributed by atoms with E-state index in [0.29, 0.717) is 0 Å². The first-order chi connectivity index (χ1) is 7.00. The quantitative estimate of drug-likeness (QED) is 0.793. The second-order valence-electron chi connectivity index (χ2n) is 2.86. The topological polar surface area (TPSA) is 75.1 Å². The van der Waals surface area contributed by atoms with Gasteiger partial charge in [0.2, 0.25) is 0 Å². The molecule has 7 heteroatoms. The summed E-state index contributed by atoms with van der Waals surface area (Å²) in [6.07, 6.45) is -0.327. The van der Waals surface area contributed by atoms with Gasteiger partial charge in [0.25, 0.3) is 6.43 Å². The average Bonchev–Trinajstić information content (AvgIpc) is 2.18. The molecule has 1 rings (SSSR count). The second kappa shape index (κ2) is 4.63. The molecule has 82 valence electrons. The van der Waals surface area contributed by atoms with Gasteiger partial charge in [0.15, 0.2) is 5.69 Å². The van der Waals surface area contributed by atoms with Crippen LogP contribution in [-0.4, -0.2) is 33.5 Å². The van der Waals surface area contributed by atoms with Crippen molar-refractivity contribution in [1.29, 1.82) is 0 Å². The molecule has 15 heavy (non-hydrogen) atoms. The van der Waals surface area contributed by atoms with E-state index in [0.717, 1.165) is 6.20 Å². The normalized spacial score (nSPS) is 12.5. The molecule has 0 amide bonds. The highest BCUT2D eigenvalue weighted by Crippen LogP contribution is 2.08. The highest BCUT2D eigenvalue weighted by atomic mass is 19.3. The van der Waals surface area contributed by atoms with Crippen LogP contribution in [0.1, 0.15) is 17.4 Å². The van der Waals surface area contributed by atoms with E-state index >= 15 is 0 Å². The summed E-state index contributed by atoms with van der Waals surface area (Å²) in [4.78, 5) is 17.7. The van der Waals surface area contributed by atoms with Crippen LogP contribution in [0.15, 0.2) is 12.4 Å². The molecule has 0 aliphatic carbocycles. The summed E-state index contributed by atoms with van der Waals surface area (Å²) in [5.74, 6) is -1.24. The number of aromatic carboxylic acids is 1. The molecule has 5 nitrogen and oxygen atoms in total. The number of nitrogens with one attached hydrogen (secondary N) is 1. The first kappa shape index (κ1) is 11.3. The largest absolute Gasteiger partial charge is 0.476 e. The summed E-state index contributed by atoms with van der Waals surface area (Å²) in [5.41, 5.74) is -0.290. The molecule has 0 saturated heterocycles. The third kappa shape index (κ3) is 3.12. The number of hydrogen-bond donors (Lipinski definition) is 2. The van der Waals surface area contributed by atoms with Crippen LogP contribution in [0.5, 0.6) is 0 Å². The van der Waals surface area contributed by atoms with Crippen molar-refractivity contribution in [3.63, 3.8) is 0 Å². The molecule has 0 spiro atoms. The Morgan fingerprint density at radius 2 is 2.20 bits per heavy atom. The van der Waals surface area contributed by atoms with E-state index in [1.807, 2.05) is 0 Å². The van der Waals surface area contributed by atoms with Gasteiger partial charge in [-0.05, 0) is 6.92 Å². The summed E-state index contributed by atoms with van der Waals surface area (Å²) >= 11 is 0. The zero-order chi connectivity index (χ0) is 11.4. The third-order valence-corrected chi connectivity index (χ3v) is 1.61. The molecule has 0 radical (unpaired) electrons. The molecule has 0 aliphatic rings. The molecule has 0 fully saturated rings. The van der Waals surface area contributed by atoms with Gasteiger partial charge in [-0.25, -0.2) is 18.6 Å². The monoisotopic (exact) mass is 217 g/mol. The molecule has 1 aromatic rings. The lowest BCUT2D eigenvalue weighted by Crippen LogP contribution is -2.24. The molecule has 2 N–H and O–H groups in total. The minimum Gasteiger partial charge on any atom is -0.476 e. The van der Waals surface area contributed by atoms with Crippen LogP contribution in [-0.2, 0) is 0 Å². The SMILES string of the molecule is CC(Nc1cncc(C(=O)O)n1)C(F)F. The van der Waals surface area contributed by atoms with Gasteiger partial charge in [0.1, 0.15) is 5.82 Å². The van der Waals surface area contributed by atoms with Crippen molar-refractivity contribution >= 4 is 11.8 Å². The highest BCUT2D eigenvalue weighted by Gasteiger charge is 2.15. The maximum Gasteiger partial charge on any atom is 0.356 e. The van der Waals surface area contributed by atoms with Gasteiger partial charge in [-0.1, -0.05) is 0 Å². The predicted octanol–water partition coefficient (Wildman–Crippen LogP) is 1.24. The lowest BCUT2D eigenvalue weighted by atomic mass is 10.3. The first-order valence-electron chi connectivity index (χ1n) is 4.10. The van der Waals surface area contributed by atoms with Crippen LogP contribution < -0.4 is 5.32 Å². The number of aromatic nitrogens is 2. The maximum absolute atomic E-state index is 12.1. The van der Waals surface area contributed by atoms with Crippen molar-refractivity contribution in [1.82, 2.24) is 9.97 Å². The van der Waals surface area contributed by atoms with Gasteiger partial charge in [0, 0.05) is 0 Å². The molecule has 0 bridgehead atoms. The third-order valence-electron chi connectivity index (χ3n) is 1.61. The van der Waals surface area contributed by atoms with Gasteiger partial charge in [0.05, 0.1) is 18.4 Å². The Bertz CT molecular complexity index is 359. The molecule has 0 aliphatic heterocycles. The fourth-order valence-electron chi connectivity index (χ4n) is 0.835. The number of hydrogen-bond acceptors (Lipinski definition) is 4. The van der Waals surface area contributed by atoms with E-state index in [1.54, 1.807) is 0 Å². The minimum absolute atomic E-state index is 0.0164. The number of anilines is 1. The molecule has 0 saturated carbocycles. The molecular formula is C8H9F2N3O2. The zero-order valence-corrected chi connectivity index (χ0v) is 7.82. The number of alkyl halides is 2. The van der Waals surface area contributed by atoms with E-state index in [1.165, 1.54) is 13.1 Å². The zero-order valence-electron chi connectivity index (χ0n) is 7.82. The van der Waals surface area contributed by atoms with Crippen LogP contribution in [0, 0.1) is 0 Å². The van der Waals surface area contributed by atoms with Crippen LogP contribution >= 0.6 is 0 Å². The number of rotatable bonds is 4. The summed E-state index contributed by atoms with van der Waals surface area (Å²) in [6, 6.07) is -1.11. The highest BCUT2D eigenvalue weighted by molar-refractivity contribution is 5.85. The fraction of sp³-hybridized carbons (Fsp3) is 0.375. The summed E-state index contributed by atoms with van der Waals surface area (Å²) in [6.45, 7) is 1.26. The molecule has 1 unspecified atom stereocenters. The Balaban J connectivity index is 2.78. The number of carbonyl (C=O) groups is 1. The van der Waals surface area contributed by atoms with E-state index in [9.17, 15) is 13.6 Å². The number of halogens is 2. The van der Waals surface area contributed by atoms with Crippen molar-refractivity contribution in [2.45, 2.75) is 19.4 Å². The standard InChI is InChI=1S/C8H9F2N3O2/c1-4(7(9)10)12-6-3-11-2-5(13-6)8(14)15/h2-4,7H,1H3,(H,12,13)(H,14,15). The number of nitrogens with zero attached hydrogens (tertiary/aromatic N) is 2. The van der Waals surface area contributed by atoms with Crippen LogP contribution in [0.25, 0.3) is 0 Å². The van der Waals surface area contributed by atoms with Crippen molar-refractivity contribution in [3.05, 3.63) is 18.1 Å². The maximum atomic E-state index is 12.1. The van der Waals surface area contributed by atoms with Gasteiger partial charge >= 0.3 is 5.97 Å². The number of carboxylic acids is 1. The molecule has 1 heterocycles. The van der Waals surface area contributed by atoms with Crippen molar-refractivity contribution in [2.75, 3.05) is 5.32 Å². The lowest BCUT2D eigenvalue weighted by molar-refractivity contribution is 0.0690. The summed E-state index contributed by atoms with van der Waals surface area (Å²) < 4.78 is 24.3.